The molecule has 0 radical (unpaired) electrons. The lowest BCUT2D eigenvalue weighted by atomic mass is 10.3. The molecule has 0 atom stereocenters. The van der Waals surface area contributed by atoms with Crippen LogP contribution < -0.4 is 5.32 Å². The smallest absolute Gasteiger partial charge is 0.228 e. The lowest BCUT2D eigenvalue weighted by Gasteiger charge is -1.99. The maximum atomic E-state index is 11.4. The van der Waals surface area contributed by atoms with Crippen molar-refractivity contribution < 1.29 is 13.7 Å². The topological polar surface area (TPSA) is 81.2 Å². The van der Waals surface area contributed by atoms with Gasteiger partial charge in [0.15, 0.2) is 5.82 Å². The summed E-state index contributed by atoms with van der Waals surface area (Å²) in [6.45, 7) is 2.04. The highest BCUT2D eigenvalue weighted by atomic mass is 16.5. The average Bonchev–Trinajstić information content (AvgIpc) is 2.87. The Morgan fingerprint density at radius 2 is 2.44 bits per heavy atom. The number of hydrogen-bond donors (Lipinski definition) is 1. The van der Waals surface area contributed by atoms with E-state index in [9.17, 15) is 4.79 Å². The molecule has 6 nitrogen and oxygen atoms in total. The lowest BCUT2D eigenvalue weighted by molar-refractivity contribution is -0.120. The van der Waals surface area contributed by atoms with Crippen molar-refractivity contribution in [2.45, 2.75) is 19.9 Å². The zero-order chi connectivity index (χ0) is 11.4. The summed E-state index contributed by atoms with van der Waals surface area (Å²) in [4.78, 5) is 15.4. The largest absolute Gasteiger partial charge is 0.467 e. The Bertz CT molecular complexity index is 461. The van der Waals surface area contributed by atoms with Crippen molar-refractivity contribution in [3.63, 3.8) is 0 Å². The number of furan rings is 1. The minimum absolute atomic E-state index is 0.109. The third kappa shape index (κ3) is 2.69. The number of nitrogens with one attached hydrogen (secondary N) is 1. The maximum absolute atomic E-state index is 11.4. The fourth-order valence-corrected chi connectivity index (χ4v) is 1.22. The molecular weight excluding hydrogens is 210 g/mol. The van der Waals surface area contributed by atoms with Crippen LogP contribution in [0.5, 0.6) is 0 Å². The van der Waals surface area contributed by atoms with E-state index in [0.717, 1.165) is 0 Å². The van der Waals surface area contributed by atoms with Crippen LogP contribution in [-0.2, 0) is 17.8 Å². The molecule has 1 amide bonds. The number of carbonyl (C=O) groups excluding carboxylic acids is 1. The highest BCUT2D eigenvalue weighted by Gasteiger charge is 2.09. The van der Waals surface area contributed by atoms with Gasteiger partial charge in [-0.25, -0.2) is 0 Å². The summed E-state index contributed by atoms with van der Waals surface area (Å²) in [5.41, 5.74) is 0. The molecule has 0 aliphatic carbocycles. The SMILES string of the molecule is Cc1nc(CC(=O)NCc2ccco2)no1. The molecule has 0 bridgehead atoms. The van der Waals surface area contributed by atoms with Crippen molar-refractivity contribution in [2.75, 3.05) is 0 Å². The molecule has 2 heterocycles. The summed E-state index contributed by atoms with van der Waals surface area (Å²) in [6, 6.07) is 3.56. The predicted octanol–water partition coefficient (Wildman–Crippen LogP) is 0.830. The molecule has 0 saturated carbocycles. The minimum atomic E-state index is -0.169. The van der Waals surface area contributed by atoms with Gasteiger partial charge in [0.1, 0.15) is 5.76 Å². The van der Waals surface area contributed by atoms with Gasteiger partial charge < -0.3 is 14.3 Å². The molecule has 2 rings (SSSR count). The summed E-state index contributed by atoms with van der Waals surface area (Å²) >= 11 is 0. The van der Waals surface area contributed by atoms with E-state index in [4.69, 9.17) is 8.94 Å². The minimum Gasteiger partial charge on any atom is -0.467 e. The van der Waals surface area contributed by atoms with Crippen LogP contribution in [0.25, 0.3) is 0 Å². The van der Waals surface area contributed by atoms with Crippen LogP contribution in [0, 0.1) is 6.92 Å². The second-order valence-corrected chi connectivity index (χ2v) is 3.26. The second-order valence-electron chi connectivity index (χ2n) is 3.26. The highest BCUT2D eigenvalue weighted by molar-refractivity contribution is 5.77. The average molecular weight is 221 g/mol. The first-order valence-electron chi connectivity index (χ1n) is 4.82. The number of nitrogens with zero attached hydrogens (tertiary/aromatic N) is 2. The Morgan fingerprint density at radius 1 is 1.56 bits per heavy atom. The highest BCUT2D eigenvalue weighted by Crippen LogP contribution is 1.99. The van der Waals surface area contributed by atoms with Crippen molar-refractivity contribution in [3.05, 3.63) is 35.9 Å². The van der Waals surface area contributed by atoms with E-state index in [1.165, 1.54) is 0 Å². The molecule has 84 valence electrons. The quantitative estimate of drug-likeness (QED) is 0.826. The molecule has 2 aromatic heterocycles. The van der Waals surface area contributed by atoms with Gasteiger partial charge in [-0.05, 0) is 12.1 Å². The fraction of sp³-hybridized carbons (Fsp3) is 0.300. The van der Waals surface area contributed by atoms with E-state index in [2.05, 4.69) is 15.5 Å². The van der Waals surface area contributed by atoms with Gasteiger partial charge in [0.25, 0.3) is 0 Å². The van der Waals surface area contributed by atoms with Crippen LogP contribution in [0.3, 0.4) is 0 Å². The van der Waals surface area contributed by atoms with Gasteiger partial charge >= 0.3 is 0 Å². The fourth-order valence-electron chi connectivity index (χ4n) is 1.22. The lowest BCUT2D eigenvalue weighted by Crippen LogP contribution is -2.24. The van der Waals surface area contributed by atoms with Crippen molar-refractivity contribution >= 4 is 5.91 Å². The van der Waals surface area contributed by atoms with Gasteiger partial charge in [-0.2, -0.15) is 4.98 Å². The molecular formula is C10H11N3O3. The zero-order valence-electron chi connectivity index (χ0n) is 8.77. The summed E-state index contributed by atoms with van der Waals surface area (Å²) < 4.78 is 9.83. The van der Waals surface area contributed by atoms with Gasteiger partial charge in [-0.15, -0.1) is 0 Å². The molecule has 0 saturated heterocycles. The van der Waals surface area contributed by atoms with Gasteiger partial charge in [0.05, 0.1) is 19.2 Å². The third-order valence-corrected chi connectivity index (χ3v) is 1.93. The zero-order valence-corrected chi connectivity index (χ0v) is 8.77. The van der Waals surface area contributed by atoms with E-state index in [1.807, 2.05) is 0 Å². The van der Waals surface area contributed by atoms with E-state index in [0.29, 0.717) is 24.0 Å². The first kappa shape index (κ1) is 10.4. The number of aryl methyl sites for hydroxylation is 1. The Kier molecular flexibility index (Phi) is 3.00. The number of hydrogen-bond acceptors (Lipinski definition) is 5. The monoisotopic (exact) mass is 221 g/mol. The van der Waals surface area contributed by atoms with Crippen LogP contribution >= 0.6 is 0 Å². The van der Waals surface area contributed by atoms with Crippen molar-refractivity contribution in [1.29, 1.82) is 0 Å². The van der Waals surface area contributed by atoms with E-state index in [1.54, 1.807) is 25.3 Å². The van der Waals surface area contributed by atoms with Crippen molar-refractivity contribution in [2.24, 2.45) is 0 Å². The molecule has 6 heteroatoms. The molecule has 0 aliphatic rings. The van der Waals surface area contributed by atoms with E-state index < -0.39 is 0 Å². The molecule has 16 heavy (non-hydrogen) atoms. The summed E-state index contributed by atoms with van der Waals surface area (Å²) in [5, 5.41) is 6.32. The number of rotatable bonds is 4. The summed E-state index contributed by atoms with van der Waals surface area (Å²) in [7, 11) is 0. The number of aromatic nitrogens is 2. The van der Waals surface area contributed by atoms with Crippen LogP contribution in [-0.4, -0.2) is 16.0 Å². The van der Waals surface area contributed by atoms with Gasteiger partial charge in [-0.3, -0.25) is 4.79 Å². The molecule has 0 aromatic carbocycles. The van der Waals surface area contributed by atoms with Crippen molar-refractivity contribution in [1.82, 2.24) is 15.5 Å². The Morgan fingerprint density at radius 3 is 3.06 bits per heavy atom. The van der Waals surface area contributed by atoms with Gasteiger partial charge in [-0.1, -0.05) is 5.16 Å². The van der Waals surface area contributed by atoms with Crippen LogP contribution in [0.4, 0.5) is 0 Å². The van der Waals surface area contributed by atoms with Gasteiger partial charge in [0, 0.05) is 6.92 Å². The van der Waals surface area contributed by atoms with Crippen LogP contribution in [0.2, 0.25) is 0 Å². The second kappa shape index (κ2) is 4.61. The molecule has 0 spiro atoms. The number of carbonyl (C=O) groups is 1. The van der Waals surface area contributed by atoms with E-state index >= 15 is 0 Å². The summed E-state index contributed by atoms with van der Waals surface area (Å²) in [5.74, 6) is 1.37. The first-order valence-corrected chi connectivity index (χ1v) is 4.82. The van der Waals surface area contributed by atoms with Crippen LogP contribution in [0.1, 0.15) is 17.5 Å². The van der Waals surface area contributed by atoms with Gasteiger partial charge in [0.2, 0.25) is 11.8 Å². The van der Waals surface area contributed by atoms with Crippen molar-refractivity contribution in [3.8, 4) is 0 Å². The third-order valence-electron chi connectivity index (χ3n) is 1.93. The van der Waals surface area contributed by atoms with E-state index in [-0.39, 0.29) is 12.3 Å². The molecule has 1 N–H and O–H groups in total. The Labute approximate surface area is 91.6 Å². The molecule has 0 unspecified atom stereocenters. The first-order chi connectivity index (χ1) is 7.74. The molecule has 0 aliphatic heterocycles. The summed E-state index contributed by atoms with van der Waals surface area (Å²) in [6.07, 6.45) is 1.67. The number of amides is 1. The normalized spacial score (nSPS) is 10.3. The van der Waals surface area contributed by atoms with Crippen LogP contribution in [0.15, 0.2) is 27.3 Å². The standard InChI is InChI=1S/C10H11N3O3/c1-7-12-9(13-16-7)5-10(14)11-6-8-3-2-4-15-8/h2-4H,5-6H2,1H3,(H,11,14). The Hall–Kier alpha value is -2.11. The predicted molar refractivity (Wildman–Crippen MR) is 53.3 cm³/mol. The molecule has 0 fully saturated rings. The molecule has 2 aromatic rings. The maximum Gasteiger partial charge on any atom is 0.228 e. The Balaban J connectivity index is 1.81.